The minimum absolute atomic E-state index is 0.0886. The molecule has 0 bridgehead atoms. The van der Waals surface area contributed by atoms with Gasteiger partial charge in [0.2, 0.25) is 0 Å². The summed E-state index contributed by atoms with van der Waals surface area (Å²) in [5.41, 5.74) is 3.36. The average Bonchev–Trinajstić information content (AvgIpc) is 3.55. The standard InChI is InChI=1S/C23H23N5OS/c1-30-13-11-19(22-27-26-21-8-4-5-12-28(21)22)25-23(29)17-14-20(15-9-10-15)24-18-7-3-2-6-16(17)18/h2-8,12,14-15,19H,9-11,13H2,1H3,(H,25,29). The van der Waals surface area contributed by atoms with E-state index >= 15 is 0 Å². The van der Waals surface area contributed by atoms with Crippen molar-refractivity contribution in [1.29, 1.82) is 0 Å². The highest BCUT2D eigenvalue weighted by Gasteiger charge is 2.28. The van der Waals surface area contributed by atoms with Gasteiger partial charge in [0, 0.05) is 23.2 Å². The molecule has 3 heterocycles. The summed E-state index contributed by atoms with van der Waals surface area (Å²) in [6.07, 6.45) is 7.08. The molecule has 1 fully saturated rings. The first-order chi connectivity index (χ1) is 14.7. The monoisotopic (exact) mass is 417 g/mol. The minimum atomic E-state index is -0.223. The fourth-order valence-electron chi connectivity index (χ4n) is 3.81. The second kappa shape index (κ2) is 8.07. The normalized spacial score (nSPS) is 14.8. The SMILES string of the molecule is CSCCC(NC(=O)c1cc(C2CC2)nc2ccccc12)c1nnc2ccccn12. The average molecular weight is 418 g/mol. The maximum absolute atomic E-state index is 13.5. The van der Waals surface area contributed by atoms with E-state index < -0.39 is 0 Å². The summed E-state index contributed by atoms with van der Waals surface area (Å²) in [6, 6.07) is 15.4. The van der Waals surface area contributed by atoms with Crippen molar-refractivity contribution in [2.45, 2.75) is 31.2 Å². The van der Waals surface area contributed by atoms with E-state index in [-0.39, 0.29) is 11.9 Å². The van der Waals surface area contributed by atoms with Gasteiger partial charge in [-0.25, -0.2) is 0 Å². The molecule has 1 amide bonds. The van der Waals surface area contributed by atoms with Crippen LogP contribution in [0, 0.1) is 0 Å². The third-order valence-electron chi connectivity index (χ3n) is 5.54. The molecule has 1 aliphatic rings. The number of nitrogens with zero attached hydrogens (tertiary/aromatic N) is 4. The van der Waals surface area contributed by atoms with Crippen LogP contribution in [0.3, 0.4) is 0 Å². The lowest BCUT2D eigenvalue weighted by molar-refractivity contribution is 0.0935. The number of hydrogen-bond acceptors (Lipinski definition) is 5. The van der Waals surface area contributed by atoms with Crippen LogP contribution in [0.5, 0.6) is 0 Å². The first-order valence-electron chi connectivity index (χ1n) is 10.2. The number of benzene rings is 1. The first-order valence-corrected chi connectivity index (χ1v) is 11.6. The zero-order chi connectivity index (χ0) is 20.5. The van der Waals surface area contributed by atoms with E-state index in [2.05, 4.69) is 21.8 Å². The third-order valence-corrected chi connectivity index (χ3v) is 6.19. The van der Waals surface area contributed by atoms with Gasteiger partial charge in [-0.3, -0.25) is 14.2 Å². The molecule has 6 nitrogen and oxygen atoms in total. The van der Waals surface area contributed by atoms with Crippen LogP contribution < -0.4 is 5.32 Å². The van der Waals surface area contributed by atoms with Gasteiger partial charge in [0.1, 0.15) is 0 Å². The number of para-hydroxylation sites is 1. The van der Waals surface area contributed by atoms with Crippen molar-refractivity contribution in [2.24, 2.45) is 0 Å². The van der Waals surface area contributed by atoms with E-state index in [9.17, 15) is 4.79 Å². The van der Waals surface area contributed by atoms with Crippen molar-refractivity contribution < 1.29 is 4.79 Å². The number of rotatable bonds is 7. The van der Waals surface area contributed by atoms with Crippen LogP contribution in [0.1, 0.15) is 53.1 Å². The highest BCUT2D eigenvalue weighted by molar-refractivity contribution is 7.98. The highest BCUT2D eigenvalue weighted by atomic mass is 32.2. The van der Waals surface area contributed by atoms with E-state index in [1.165, 1.54) is 0 Å². The molecule has 5 rings (SSSR count). The van der Waals surface area contributed by atoms with Gasteiger partial charge in [-0.2, -0.15) is 11.8 Å². The van der Waals surface area contributed by atoms with Crippen LogP contribution in [0.4, 0.5) is 0 Å². The second-order valence-corrected chi connectivity index (χ2v) is 8.67. The van der Waals surface area contributed by atoms with Crippen molar-refractivity contribution >= 4 is 34.2 Å². The Morgan fingerprint density at radius 1 is 1.20 bits per heavy atom. The molecule has 0 radical (unpaired) electrons. The van der Waals surface area contributed by atoms with Crippen LogP contribution in [0.25, 0.3) is 16.6 Å². The molecule has 1 atom stereocenters. The van der Waals surface area contributed by atoms with Gasteiger partial charge in [-0.1, -0.05) is 24.3 Å². The molecule has 152 valence electrons. The molecule has 7 heteroatoms. The molecule has 1 aromatic carbocycles. The van der Waals surface area contributed by atoms with Crippen molar-refractivity contribution in [3.8, 4) is 0 Å². The Morgan fingerprint density at radius 2 is 2.03 bits per heavy atom. The number of nitrogens with one attached hydrogen (secondary N) is 1. The van der Waals surface area contributed by atoms with Gasteiger partial charge >= 0.3 is 0 Å². The van der Waals surface area contributed by atoms with Gasteiger partial charge in [-0.15, -0.1) is 10.2 Å². The number of pyridine rings is 2. The lowest BCUT2D eigenvalue weighted by Gasteiger charge is -2.18. The predicted octanol–water partition coefficient (Wildman–Crippen LogP) is 4.38. The Morgan fingerprint density at radius 3 is 2.87 bits per heavy atom. The Hall–Kier alpha value is -2.93. The van der Waals surface area contributed by atoms with Crippen molar-refractivity contribution in [3.63, 3.8) is 0 Å². The Kier molecular flexibility index (Phi) is 5.12. The largest absolute Gasteiger partial charge is 0.342 e. The number of amides is 1. The molecule has 1 N–H and O–H groups in total. The third kappa shape index (κ3) is 3.65. The fourth-order valence-corrected chi connectivity index (χ4v) is 4.28. The number of fused-ring (bicyclic) bond motifs is 2. The molecule has 1 saturated carbocycles. The number of aromatic nitrogens is 4. The van der Waals surface area contributed by atoms with E-state index in [1.807, 2.05) is 59.1 Å². The van der Waals surface area contributed by atoms with Crippen molar-refractivity contribution in [3.05, 3.63) is 71.8 Å². The smallest absolute Gasteiger partial charge is 0.252 e. The summed E-state index contributed by atoms with van der Waals surface area (Å²) in [4.78, 5) is 18.2. The summed E-state index contributed by atoms with van der Waals surface area (Å²) in [7, 11) is 0. The number of carbonyl (C=O) groups is 1. The molecule has 3 aromatic heterocycles. The molecule has 0 aliphatic heterocycles. The predicted molar refractivity (Wildman–Crippen MR) is 120 cm³/mol. The zero-order valence-electron chi connectivity index (χ0n) is 16.8. The molecule has 30 heavy (non-hydrogen) atoms. The van der Waals surface area contributed by atoms with Crippen LogP contribution >= 0.6 is 11.8 Å². The molecule has 0 spiro atoms. The maximum atomic E-state index is 13.5. The molecule has 1 unspecified atom stereocenters. The van der Waals surface area contributed by atoms with Gasteiger partial charge in [0.05, 0.1) is 17.1 Å². The van der Waals surface area contributed by atoms with Crippen molar-refractivity contribution in [2.75, 3.05) is 12.0 Å². The van der Waals surface area contributed by atoms with Gasteiger partial charge in [0.25, 0.3) is 5.91 Å². The number of hydrogen-bond donors (Lipinski definition) is 1. The first kappa shape index (κ1) is 19.1. The lowest BCUT2D eigenvalue weighted by atomic mass is 10.0. The van der Waals surface area contributed by atoms with Crippen molar-refractivity contribution in [1.82, 2.24) is 24.9 Å². The molecular formula is C23H23N5OS. The number of carbonyl (C=O) groups excluding carboxylic acids is 1. The van der Waals surface area contributed by atoms with Gasteiger partial charge < -0.3 is 5.32 Å². The van der Waals surface area contributed by atoms with E-state index in [0.29, 0.717) is 11.5 Å². The quantitative estimate of drug-likeness (QED) is 0.483. The molecular weight excluding hydrogens is 394 g/mol. The minimum Gasteiger partial charge on any atom is -0.342 e. The van der Waals surface area contributed by atoms with E-state index in [1.54, 1.807) is 11.8 Å². The number of thioether (sulfide) groups is 1. The summed E-state index contributed by atoms with van der Waals surface area (Å²) >= 11 is 1.75. The summed E-state index contributed by atoms with van der Waals surface area (Å²) in [5, 5.41) is 12.8. The highest BCUT2D eigenvalue weighted by Crippen LogP contribution is 2.40. The van der Waals surface area contributed by atoms with Crippen LogP contribution in [0.15, 0.2) is 54.7 Å². The van der Waals surface area contributed by atoms with Crippen LogP contribution in [-0.4, -0.2) is 37.5 Å². The Bertz CT molecular complexity index is 1220. The summed E-state index contributed by atoms with van der Waals surface area (Å²) < 4.78 is 1.95. The van der Waals surface area contributed by atoms with E-state index in [4.69, 9.17) is 4.98 Å². The van der Waals surface area contributed by atoms with Gasteiger partial charge in [-0.05, 0) is 55.5 Å². The summed E-state index contributed by atoms with van der Waals surface area (Å²) in [6.45, 7) is 0. The Balaban J connectivity index is 1.52. The lowest BCUT2D eigenvalue weighted by Crippen LogP contribution is -2.30. The fraction of sp³-hybridized carbons (Fsp3) is 0.304. The Labute approximate surface area is 179 Å². The van der Waals surface area contributed by atoms with Gasteiger partial charge in [0.15, 0.2) is 11.5 Å². The van der Waals surface area contributed by atoms with E-state index in [0.717, 1.165) is 53.1 Å². The topological polar surface area (TPSA) is 72.2 Å². The molecule has 1 aliphatic carbocycles. The van der Waals surface area contributed by atoms with Crippen LogP contribution in [-0.2, 0) is 0 Å². The second-order valence-electron chi connectivity index (χ2n) is 7.68. The summed E-state index contributed by atoms with van der Waals surface area (Å²) in [5.74, 6) is 2.06. The van der Waals surface area contributed by atoms with Crippen LogP contribution in [0.2, 0.25) is 0 Å². The molecule has 4 aromatic rings. The zero-order valence-corrected chi connectivity index (χ0v) is 17.6. The molecule has 0 saturated heterocycles. The maximum Gasteiger partial charge on any atom is 0.252 e.